The van der Waals surface area contributed by atoms with Crippen LogP contribution in [0.5, 0.6) is 0 Å². The Kier molecular flexibility index (Phi) is 5.55. The van der Waals surface area contributed by atoms with E-state index >= 15 is 0 Å². The second-order valence-electron chi connectivity index (χ2n) is 9.21. The number of nitriles is 1. The number of fused-ring (bicyclic) bond motifs is 3. The van der Waals surface area contributed by atoms with Gasteiger partial charge in [-0.2, -0.15) is 5.26 Å². The molecule has 2 aliphatic heterocycles. The maximum absolute atomic E-state index is 13.2. The number of rotatable bonds is 3. The van der Waals surface area contributed by atoms with Gasteiger partial charge in [-0.3, -0.25) is 9.47 Å². The number of anilines is 1. The van der Waals surface area contributed by atoms with E-state index in [1.807, 2.05) is 32.0 Å². The van der Waals surface area contributed by atoms with E-state index in [4.69, 9.17) is 11.6 Å². The predicted molar refractivity (Wildman–Crippen MR) is 124 cm³/mol. The Hall–Kier alpha value is -3.02. The SMILES string of the molecule is CC(C)(C#N)N1Cc2cc(Cl)ccc2-n2c(nnc2C2CCN(c3ccc(F)cn3)CC2)C1. The predicted octanol–water partition coefficient (Wildman–Crippen LogP) is 4.46. The van der Waals surface area contributed by atoms with Gasteiger partial charge in [0.05, 0.1) is 24.5 Å². The Morgan fingerprint density at radius 1 is 1.12 bits per heavy atom. The smallest absolute Gasteiger partial charge is 0.151 e. The van der Waals surface area contributed by atoms with Crippen molar-refractivity contribution >= 4 is 17.4 Å². The maximum Gasteiger partial charge on any atom is 0.151 e. The van der Waals surface area contributed by atoms with Crippen molar-refractivity contribution in [1.82, 2.24) is 24.6 Å². The van der Waals surface area contributed by atoms with Crippen LogP contribution >= 0.6 is 11.6 Å². The van der Waals surface area contributed by atoms with E-state index in [-0.39, 0.29) is 11.7 Å². The second kappa shape index (κ2) is 8.40. The Morgan fingerprint density at radius 3 is 2.61 bits per heavy atom. The van der Waals surface area contributed by atoms with E-state index in [1.165, 1.54) is 12.3 Å². The van der Waals surface area contributed by atoms with E-state index in [0.717, 1.165) is 54.6 Å². The highest BCUT2D eigenvalue weighted by Gasteiger charge is 2.34. The molecule has 1 fully saturated rings. The largest absolute Gasteiger partial charge is 0.357 e. The molecule has 7 nitrogen and oxygen atoms in total. The zero-order chi connectivity index (χ0) is 23.2. The van der Waals surface area contributed by atoms with Crippen LogP contribution in [0.1, 0.15) is 49.8 Å². The molecule has 1 aromatic carbocycles. The van der Waals surface area contributed by atoms with Crippen molar-refractivity contribution in [3.05, 3.63) is 64.6 Å². The second-order valence-corrected chi connectivity index (χ2v) is 9.64. The molecule has 0 unspecified atom stereocenters. The number of pyridine rings is 1. The molecule has 4 heterocycles. The summed E-state index contributed by atoms with van der Waals surface area (Å²) in [6.45, 7) is 6.60. The molecule has 5 rings (SSSR count). The van der Waals surface area contributed by atoms with Crippen LogP contribution < -0.4 is 4.90 Å². The third kappa shape index (κ3) is 4.07. The highest BCUT2D eigenvalue weighted by molar-refractivity contribution is 6.30. The molecule has 0 aliphatic carbocycles. The van der Waals surface area contributed by atoms with Gasteiger partial charge in [-0.15, -0.1) is 10.2 Å². The molecule has 0 radical (unpaired) electrons. The lowest BCUT2D eigenvalue weighted by atomic mass is 9.95. The molecule has 0 atom stereocenters. The number of benzene rings is 1. The van der Waals surface area contributed by atoms with Crippen molar-refractivity contribution in [1.29, 1.82) is 5.26 Å². The Bertz CT molecular complexity index is 1210. The highest BCUT2D eigenvalue weighted by atomic mass is 35.5. The van der Waals surface area contributed by atoms with Gasteiger partial charge >= 0.3 is 0 Å². The van der Waals surface area contributed by atoms with Crippen molar-refractivity contribution in [3.8, 4) is 11.8 Å². The van der Waals surface area contributed by atoms with Crippen LogP contribution in [0.4, 0.5) is 10.2 Å². The summed E-state index contributed by atoms with van der Waals surface area (Å²) in [4.78, 5) is 8.52. The van der Waals surface area contributed by atoms with Crippen LogP contribution in [0.3, 0.4) is 0 Å². The first kappa shape index (κ1) is 21.8. The van der Waals surface area contributed by atoms with Crippen LogP contribution in [-0.2, 0) is 13.1 Å². The zero-order valence-electron chi connectivity index (χ0n) is 18.7. The first-order valence-corrected chi connectivity index (χ1v) is 11.5. The third-order valence-electron chi connectivity index (χ3n) is 6.69. The average molecular weight is 466 g/mol. The lowest BCUT2D eigenvalue weighted by Crippen LogP contribution is -2.41. The van der Waals surface area contributed by atoms with Crippen LogP contribution in [0, 0.1) is 17.1 Å². The summed E-state index contributed by atoms with van der Waals surface area (Å²) in [5, 5.41) is 19.6. The molecule has 170 valence electrons. The summed E-state index contributed by atoms with van der Waals surface area (Å²) in [6.07, 6.45) is 3.05. The molecule has 9 heteroatoms. The number of aromatic nitrogens is 4. The maximum atomic E-state index is 13.2. The number of hydrogen-bond donors (Lipinski definition) is 0. The minimum Gasteiger partial charge on any atom is -0.357 e. The Balaban J connectivity index is 1.46. The normalized spacial score (nSPS) is 17.2. The number of hydrogen-bond acceptors (Lipinski definition) is 6. The van der Waals surface area contributed by atoms with Crippen LogP contribution in [0.15, 0.2) is 36.5 Å². The summed E-state index contributed by atoms with van der Waals surface area (Å²) < 4.78 is 15.4. The fraction of sp³-hybridized carbons (Fsp3) is 0.417. The molecule has 3 aromatic rings. The van der Waals surface area contributed by atoms with Crippen LogP contribution in [0.2, 0.25) is 5.02 Å². The number of nitrogens with zero attached hydrogens (tertiary/aromatic N) is 7. The molecule has 0 N–H and O–H groups in total. The van der Waals surface area contributed by atoms with Crippen molar-refractivity contribution in [2.45, 2.75) is 51.2 Å². The fourth-order valence-corrected chi connectivity index (χ4v) is 4.87. The van der Waals surface area contributed by atoms with Gasteiger partial charge in [0, 0.05) is 30.6 Å². The van der Waals surface area contributed by atoms with Gasteiger partial charge in [0.15, 0.2) is 5.82 Å². The molecule has 0 spiro atoms. The van der Waals surface area contributed by atoms with Gasteiger partial charge in [-0.1, -0.05) is 11.6 Å². The van der Waals surface area contributed by atoms with Gasteiger partial charge < -0.3 is 4.90 Å². The van der Waals surface area contributed by atoms with Crippen molar-refractivity contribution in [2.24, 2.45) is 0 Å². The molecule has 0 bridgehead atoms. The standard InChI is InChI=1S/C24H25ClFN7/c1-24(2,15-27)32-13-17-11-18(25)3-5-20(17)33-22(14-32)29-30-23(33)16-7-9-31(10-8-16)21-6-4-19(26)12-28-21/h3-6,11-12,16H,7-10,13-14H2,1-2H3. The first-order valence-electron chi connectivity index (χ1n) is 11.1. The number of piperidine rings is 1. The first-order chi connectivity index (χ1) is 15.9. The third-order valence-corrected chi connectivity index (χ3v) is 6.93. The average Bonchev–Trinajstić information content (AvgIpc) is 3.15. The van der Waals surface area contributed by atoms with E-state index in [9.17, 15) is 9.65 Å². The molecular weight excluding hydrogens is 441 g/mol. The lowest BCUT2D eigenvalue weighted by Gasteiger charge is -2.32. The van der Waals surface area contributed by atoms with Crippen LogP contribution in [0.25, 0.3) is 5.69 Å². The van der Waals surface area contributed by atoms with Crippen molar-refractivity contribution in [2.75, 3.05) is 18.0 Å². The van der Waals surface area contributed by atoms with Gasteiger partial charge in [-0.25, -0.2) is 9.37 Å². The lowest BCUT2D eigenvalue weighted by molar-refractivity contribution is 0.147. The number of halogens is 2. The summed E-state index contributed by atoms with van der Waals surface area (Å²) >= 11 is 6.34. The summed E-state index contributed by atoms with van der Waals surface area (Å²) in [5.74, 6) is 2.48. The molecule has 33 heavy (non-hydrogen) atoms. The van der Waals surface area contributed by atoms with Crippen molar-refractivity contribution < 1.29 is 4.39 Å². The topological polar surface area (TPSA) is 73.9 Å². The molecule has 2 aliphatic rings. The summed E-state index contributed by atoms with van der Waals surface area (Å²) in [7, 11) is 0. The molecule has 0 saturated carbocycles. The monoisotopic (exact) mass is 465 g/mol. The molecule has 2 aromatic heterocycles. The molecule has 0 amide bonds. The minimum absolute atomic E-state index is 0.238. The minimum atomic E-state index is -0.658. The summed E-state index contributed by atoms with van der Waals surface area (Å²) in [5.41, 5.74) is 1.42. The van der Waals surface area contributed by atoms with Gasteiger partial charge in [0.25, 0.3) is 0 Å². The zero-order valence-corrected chi connectivity index (χ0v) is 19.4. The quantitative estimate of drug-likeness (QED) is 0.568. The Morgan fingerprint density at radius 2 is 1.91 bits per heavy atom. The summed E-state index contributed by atoms with van der Waals surface area (Å²) in [6, 6.07) is 11.5. The Labute approximate surface area is 197 Å². The molecule has 1 saturated heterocycles. The van der Waals surface area contributed by atoms with Gasteiger partial charge in [0.2, 0.25) is 0 Å². The van der Waals surface area contributed by atoms with Gasteiger partial charge in [-0.05, 0) is 62.6 Å². The van der Waals surface area contributed by atoms with E-state index in [0.29, 0.717) is 18.1 Å². The van der Waals surface area contributed by atoms with E-state index < -0.39 is 5.54 Å². The molecular formula is C24H25ClFN7. The van der Waals surface area contributed by atoms with E-state index in [1.54, 1.807) is 6.07 Å². The van der Waals surface area contributed by atoms with Crippen molar-refractivity contribution in [3.63, 3.8) is 0 Å². The van der Waals surface area contributed by atoms with Gasteiger partial charge in [0.1, 0.15) is 23.0 Å². The highest BCUT2D eigenvalue weighted by Crippen LogP contribution is 2.35. The van der Waals surface area contributed by atoms with Crippen LogP contribution in [-0.4, -0.2) is 43.3 Å². The fourth-order valence-electron chi connectivity index (χ4n) is 4.68. The van der Waals surface area contributed by atoms with E-state index in [2.05, 4.69) is 35.6 Å².